The molecular weight excluding hydrogens is 376 g/mol. The van der Waals surface area contributed by atoms with E-state index in [0.29, 0.717) is 5.75 Å². The van der Waals surface area contributed by atoms with Crippen LogP contribution in [0.3, 0.4) is 0 Å². The van der Waals surface area contributed by atoms with Gasteiger partial charge in [0.1, 0.15) is 17.9 Å². The van der Waals surface area contributed by atoms with Crippen LogP contribution in [0.5, 0.6) is 11.6 Å². The standard InChI is InChI=1S/C17H17BrN2O4/c1-3-23-15(21)11-20(2)17(22)14-8-5-9-19-16(14)24-13-7-4-6-12(18)10-13/h4-10H,3,11H2,1-2H3. The Morgan fingerprint density at radius 1 is 1.25 bits per heavy atom. The highest BCUT2D eigenvalue weighted by molar-refractivity contribution is 9.10. The summed E-state index contributed by atoms with van der Waals surface area (Å²) in [6.07, 6.45) is 1.54. The van der Waals surface area contributed by atoms with E-state index in [0.717, 1.165) is 4.47 Å². The number of hydrogen-bond donors (Lipinski definition) is 0. The molecule has 0 bridgehead atoms. The van der Waals surface area contributed by atoms with Crippen LogP contribution in [0, 0.1) is 0 Å². The number of likely N-dealkylation sites (N-methyl/N-ethyl adjacent to an activating group) is 1. The fourth-order valence-electron chi connectivity index (χ4n) is 1.95. The quantitative estimate of drug-likeness (QED) is 0.705. The summed E-state index contributed by atoms with van der Waals surface area (Å²) < 4.78 is 11.4. The maximum absolute atomic E-state index is 12.6. The Bertz CT molecular complexity index is 736. The second-order valence-electron chi connectivity index (χ2n) is 4.88. The third-order valence-corrected chi connectivity index (χ3v) is 3.52. The van der Waals surface area contributed by atoms with Crippen LogP contribution in [-0.2, 0) is 9.53 Å². The molecule has 6 nitrogen and oxygen atoms in total. The summed E-state index contributed by atoms with van der Waals surface area (Å²) in [5.74, 6) is -0.116. The van der Waals surface area contributed by atoms with Crippen LogP contribution in [0.4, 0.5) is 0 Å². The van der Waals surface area contributed by atoms with Crippen molar-refractivity contribution in [3.63, 3.8) is 0 Å². The van der Waals surface area contributed by atoms with Crippen molar-refractivity contribution >= 4 is 27.8 Å². The zero-order chi connectivity index (χ0) is 17.5. The average Bonchev–Trinajstić information content (AvgIpc) is 2.55. The summed E-state index contributed by atoms with van der Waals surface area (Å²) >= 11 is 3.36. The lowest BCUT2D eigenvalue weighted by Gasteiger charge is -2.17. The Morgan fingerprint density at radius 3 is 2.75 bits per heavy atom. The number of carbonyl (C=O) groups is 2. The van der Waals surface area contributed by atoms with Crippen molar-refractivity contribution in [2.24, 2.45) is 0 Å². The average molecular weight is 393 g/mol. The molecule has 2 rings (SSSR count). The van der Waals surface area contributed by atoms with Crippen molar-refractivity contribution in [1.29, 1.82) is 0 Å². The molecule has 0 aliphatic heterocycles. The molecule has 1 heterocycles. The number of hydrogen-bond acceptors (Lipinski definition) is 5. The van der Waals surface area contributed by atoms with E-state index in [9.17, 15) is 9.59 Å². The Hall–Kier alpha value is -2.41. The highest BCUT2D eigenvalue weighted by atomic mass is 79.9. The number of rotatable bonds is 6. The summed E-state index contributed by atoms with van der Waals surface area (Å²) in [4.78, 5) is 29.5. The van der Waals surface area contributed by atoms with Gasteiger partial charge in [0.2, 0.25) is 5.88 Å². The summed E-state index contributed by atoms with van der Waals surface area (Å²) in [6.45, 7) is 1.84. The molecule has 0 aliphatic carbocycles. The van der Waals surface area contributed by atoms with Gasteiger partial charge in [-0.05, 0) is 37.3 Å². The van der Waals surface area contributed by atoms with Crippen molar-refractivity contribution in [1.82, 2.24) is 9.88 Å². The predicted octanol–water partition coefficient (Wildman–Crippen LogP) is 3.27. The lowest BCUT2D eigenvalue weighted by molar-refractivity contribution is -0.143. The molecule has 1 aromatic heterocycles. The number of amides is 1. The number of aromatic nitrogens is 1. The van der Waals surface area contributed by atoms with Crippen LogP contribution >= 0.6 is 15.9 Å². The molecule has 0 saturated heterocycles. The second-order valence-corrected chi connectivity index (χ2v) is 5.80. The molecule has 0 saturated carbocycles. The molecule has 0 N–H and O–H groups in total. The van der Waals surface area contributed by atoms with Crippen molar-refractivity contribution in [2.45, 2.75) is 6.92 Å². The Morgan fingerprint density at radius 2 is 2.04 bits per heavy atom. The molecule has 7 heteroatoms. The van der Waals surface area contributed by atoms with E-state index < -0.39 is 5.97 Å². The number of ether oxygens (including phenoxy) is 2. The second kappa shape index (κ2) is 8.44. The monoisotopic (exact) mass is 392 g/mol. The predicted molar refractivity (Wildman–Crippen MR) is 92.0 cm³/mol. The number of benzene rings is 1. The summed E-state index contributed by atoms with van der Waals surface area (Å²) in [6, 6.07) is 10.5. The normalized spacial score (nSPS) is 10.1. The van der Waals surface area contributed by atoms with Crippen LogP contribution in [-0.4, -0.2) is 42.0 Å². The van der Waals surface area contributed by atoms with Crippen LogP contribution in [0.1, 0.15) is 17.3 Å². The Balaban J connectivity index is 2.18. The minimum Gasteiger partial charge on any atom is -0.465 e. The fourth-order valence-corrected chi connectivity index (χ4v) is 2.33. The molecule has 0 fully saturated rings. The van der Waals surface area contributed by atoms with Crippen molar-refractivity contribution in [3.8, 4) is 11.6 Å². The zero-order valence-corrected chi connectivity index (χ0v) is 14.9. The number of esters is 1. The lowest BCUT2D eigenvalue weighted by Crippen LogP contribution is -2.33. The fraction of sp³-hybridized carbons (Fsp3) is 0.235. The molecule has 0 spiro atoms. The van der Waals surface area contributed by atoms with Crippen molar-refractivity contribution < 1.29 is 19.1 Å². The van der Waals surface area contributed by atoms with Crippen molar-refractivity contribution in [2.75, 3.05) is 20.2 Å². The van der Waals surface area contributed by atoms with Gasteiger partial charge in [0.15, 0.2) is 0 Å². The highest BCUT2D eigenvalue weighted by Gasteiger charge is 2.20. The summed E-state index contributed by atoms with van der Waals surface area (Å²) in [7, 11) is 1.52. The first-order valence-corrected chi connectivity index (χ1v) is 8.10. The summed E-state index contributed by atoms with van der Waals surface area (Å²) in [5, 5.41) is 0. The van der Waals surface area contributed by atoms with Crippen LogP contribution in [0.25, 0.3) is 0 Å². The third-order valence-electron chi connectivity index (χ3n) is 3.03. The number of nitrogens with zero attached hydrogens (tertiary/aromatic N) is 2. The van der Waals surface area contributed by atoms with Gasteiger partial charge in [-0.15, -0.1) is 0 Å². The van der Waals surface area contributed by atoms with Gasteiger partial charge in [0.25, 0.3) is 5.91 Å². The van der Waals surface area contributed by atoms with Crippen molar-refractivity contribution in [3.05, 3.63) is 52.6 Å². The maximum atomic E-state index is 12.6. The number of carbonyl (C=O) groups excluding carboxylic acids is 2. The molecule has 1 amide bonds. The van der Waals surface area contributed by atoms with Gasteiger partial charge in [0, 0.05) is 17.7 Å². The van der Waals surface area contributed by atoms with E-state index in [2.05, 4.69) is 20.9 Å². The molecule has 0 aliphatic rings. The van der Waals surface area contributed by atoms with E-state index in [4.69, 9.17) is 9.47 Å². The van der Waals surface area contributed by atoms with E-state index >= 15 is 0 Å². The maximum Gasteiger partial charge on any atom is 0.325 e. The molecule has 2 aromatic rings. The molecule has 0 radical (unpaired) electrons. The van der Waals surface area contributed by atoms with Crippen LogP contribution < -0.4 is 4.74 Å². The van der Waals surface area contributed by atoms with Crippen LogP contribution in [0.15, 0.2) is 47.1 Å². The van der Waals surface area contributed by atoms with E-state index in [-0.39, 0.29) is 30.5 Å². The first-order chi connectivity index (χ1) is 11.5. The van der Waals surface area contributed by atoms with Gasteiger partial charge in [-0.25, -0.2) is 4.98 Å². The Kier molecular flexibility index (Phi) is 6.31. The first-order valence-electron chi connectivity index (χ1n) is 7.30. The molecule has 24 heavy (non-hydrogen) atoms. The van der Waals surface area contributed by atoms with Gasteiger partial charge in [-0.2, -0.15) is 0 Å². The largest absolute Gasteiger partial charge is 0.465 e. The minimum atomic E-state index is -0.466. The van der Waals surface area contributed by atoms with E-state index in [1.807, 2.05) is 12.1 Å². The topological polar surface area (TPSA) is 68.7 Å². The lowest BCUT2D eigenvalue weighted by atomic mass is 10.2. The van der Waals surface area contributed by atoms with Gasteiger partial charge in [-0.3, -0.25) is 9.59 Å². The van der Waals surface area contributed by atoms with Gasteiger partial charge < -0.3 is 14.4 Å². The molecule has 126 valence electrons. The number of halogens is 1. The zero-order valence-electron chi connectivity index (χ0n) is 13.4. The molecule has 0 unspecified atom stereocenters. The van der Waals surface area contributed by atoms with Gasteiger partial charge in [0.05, 0.1) is 6.61 Å². The highest BCUT2D eigenvalue weighted by Crippen LogP contribution is 2.26. The van der Waals surface area contributed by atoms with Gasteiger partial charge in [-0.1, -0.05) is 22.0 Å². The first kappa shape index (κ1) is 17.9. The van der Waals surface area contributed by atoms with Crippen LogP contribution in [0.2, 0.25) is 0 Å². The molecular formula is C17H17BrN2O4. The Labute approximate surface area is 148 Å². The number of pyridine rings is 1. The van der Waals surface area contributed by atoms with E-state index in [1.165, 1.54) is 18.1 Å². The third kappa shape index (κ3) is 4.79. The smallest absolute Gasteiger partial charge is 0.325 e. The SMILES string of the molecule is CCOC(=O)CN(C)C(=O)c1cccnc1Oc1cccc(Br)c1. The summed E-state index contributed by atoms with van der Waals surface area (Å²) in [5.41, 5.74) is 0.268. The minimum absolute atomic E-state index is 0.141. The molecule has 1 aromatic carbocycles. The van der Waals surface area contributed by atoms with Gasteiger partial charge >= 0.3 is 5.97 Å². The van der Waals surface area contributed by atoms with E-state index in [1.54, 1.807) is 31.2 Å². The molecule has 0 atom stereocenters.